The van der Waals surface area contributed by atoms with E-state index in [-0.39, 0.29) is 10.8 Å². The normalized spacial score (nSPS) is 24.1. The molecule has 4 aliphatic rings. The number of benzene rings is 2. The van der Waals surface area contributed by atoms with Gasteiger partial charge in [0.05, 0.1) is 26.4 Å². The predicted octanol–water partition coefficient (Wildman–Crippen LogP) is 4.89. The van der Waals surface area contributed by atoms with Crippen LogP contribution in [0.15, 0.2) is 48.5 Å². The van der Waals surface area contributed by atoms with Gasteiger partial charge in [-0.1, -0.05) is 48.5 Å². The molecule has 2 fully saturated rings. The molecular formula is C30H40N2O2. The van der Waals surface area contributed by atoms with Crippen LogP contribution in [-0.4, -0.2) is 62.3 Å². The van der Waals surface area contributed by atoms with Gasteiger partial charge in [0.2, 0.25) is 0 Å². The highest BCUT2D eigenvalue weighted by Gasteiger charge is 2.41. The largest absolute Gasteiger partial charge is 0.376 e. The van der Waals surface area contributed by atoms with Gasteiger partial charge in [-0.25, -0.2) is 0 Å². The molecule has 4 aliphatic heterocycles. The zero-order valence-corrected chi connectivity index (χ0v) is 20.6. The third-order valence-electron chi connectivity index (χ3n) is 9.27. The average molecular weight is 461 g/mol. The van der Waals surface area contributed by atoms with Crippen molar-refractivity contribution in [2.45, 2.75) is 62.6 Å². The zero-order chi connectivity index (χ0) is 22.8. The molecule has 0 bridgehead atoms. The summed E-state index contributed by atoms with van der Waals surface area (Å²) in [6.07, 6.45) is 7.58. The average Bonchev–Trinajstić information content (AvgIpc) is 2.90. The summed E-state index contributed by atoms with van der Waals surface area (Å²) in [6.45, 7) is 10.7. The molecule has 0 aromatic heterocycles. The summed E-state index contributed by atoms with van der Waals surface area (Å²) in [6, 6.07) is 17.9. The van der Waals surface area contributed by atoms with Crippen molar-refractivity contribution in [3.63, 3.8) is 0 Å². The van der Waals surface area contributed by atoms with Gasteiger partial charge in [-0.15, -0.1) is 0 Å². The minimum absolute atomic E-state index is 0.260. The van der Waals surface area contributed by atoms with E-state index in [0.717, 1.165) is 26.4 Å². The van der Waals surface area contributed by atoms with Crippen molar-refractivity contribution in [2.75, 3.05) is 52.5 Å². The molecule has 0 N–H and O–H groups in total. The molecule has 0 atom stereocenters. The number of hydrogen-bond acceptors (Lipinski definition) is 4. The Hall–Kier alpha value is -1.72. The molecule has 0 saturated carbocycles. The van der Waals surface area contributed by atoms with Gasteiger partial charge in [0.15, 0.2) is 0 Å². The van der Waals surface area contributed by atoms with E-state index in [9.17, 15) is 0 Å². The standard InChI is InChI=1S/C30H40N2O2/c1-3-9-27-25(7-1)21-33-23-29(27)11-17-31(18-12-29)15-5-6-16-32-19-13-30(14-20-32)24-34-22-26-8-2-4-10-28(26)30/h1-4,7-10H,5-6,11-24H2. The Morgan fingerprint density at radius 1 is 0.588 bits per heavy atom. The van der Waals surface area contributed by atoms with Gasteiger partial charge in [-0.3, -0.25) is 0 Å². The quantitative estimate of drug-likeness (QED) is 0.593. The van der Waals surface area contributed by atoms with E-state index in [4.69, 9.17) is 9.47 Å². The molecule has 182 valence electrons. The Kier molecular flexibility index (Phi) is 6.51. The van der Waals surface area contributed by atoms with Crippen LogP contribution in [0, 0.1) is 0 Å². The van der Waals surface area contributed by atoms with Crippen molar-refractivity contribution >= 4 is 0 Å². The van der Waals surface area contributed by atoms with E-state index in [1.54, 1.807) is 11.1 Å². The lowest BCUT2D eigenvalue weighted by molar-refractivity contribution is 0.0162. The molecule has 4 nitrogen and oxygen atoms in total. The van der Waals surface area contributed by atoms with Crippen LogP contribution in [-0.2, 0) is 33.5 Å². The maximum absolute atomic E-state index is 6.02. The highest BCUT2D eigenvalue weighted by atomic mass is 16.5. The smallest absolute Gasteiger partial charge is 0.0720 e. The monoisotopic (exact) mass is 460 g/mol. The van der Waals surface area contributed by atoms with Crippen LogP contribution in [0.25, 0.3) is 0 Å². The zero-order valence-electron chi connectivity index (χ0n) is 20.6. The summed E-state index contributed by atoms with van der Waals surface area (Å²) in [7, 11) is 0. The van der Waals surface area contributed by atoms with Gasteiger partial charge >= 0.3 is 0 Å². The molecule has 0 unspecified atom stereocenters. The van der Waals surface area contributed by atoms with Crippen LogP contribution < -0.4 is 0 Å². The van der Waals surface area contributed by atoms with Crippen molar-refractivity contribution in [2.24, 2.45) is 0 Å². The van der Waals surface area contributed by atoms with Crippen molar-refractivity contribution in [1.29, 1.82) is 0 Å². The summed E-state index contributed by atoms with van der Waals surface area (Å²) >= 11 is 0. The number of likely N-dealkylation sites (tertiary alicyclic amines) is 2. The lowest BCUT2D eigenvalue weighted by Crippen LogP contribution is -2.48. The molecule has 2 spiro atoms. The molecule has 4 heterocycles. The molecule has 0 amide bonds. The van der Waals surface area contributed by atoms with Crippen molar-refractivity contribution < 1.29 is 9.47 Å². The Bertz CT molecular complexity index is 894. The number of piperidine rings is 2. The molecule has 6 rings (SSSR count). The van der Waals surface area contributed by atoms with Gasteiger partial charge in [-0.05, 0) is 100 Å². The van der Waals surface area contributed by atoms with Crippen LogP contribution in [0.3, 0.4) is 0 Å². The van der Waals surface area contributed by atoms with Crippen molar-refractivity contribution in [3.8, 4) is 0 Å². The first-order valence-electron chi connectivity index (χ1n) is 13.5. The fourth-order valence-electron chi connectivity index (χ4n) is 7.10. The lowest BCUT2D eigenvalue weighted by Gasteiger charge is -2.45. The Labute approximate surface area is 205 Å². The number of nitrogens with zero attached hydrogens (tertiary/aromatic N) is 2. The SMILES string of the molecule is c1ccc2c(c1)COCC21CCN(CCCCN2CCC3(CC2)COCc2ccccc23)CC1. The number of hydrogen-bond donors (Lipinski definition) is 0. The third kappa shape index (κ3) is 4.35. The summed E-state index contributed by atoms with van der Waals surface area (Å²) in [5.74, 6) is 0. The molecule has 2 aromatic carbocycles. The minimum Gasteiger partial charge on any atom is -0.376 e. The number of rotatable bonds is 5. The Morgan fingerprint density at radius 3 is 1.44 bits per heavy atom. The second-order valence-corrected chi connectivity index (χ2v) is 11.3. The van der Waals surface area contributed by atoms with Gasteiger partial charge in [0, 0.05) is 10.8 Å². The maximum Gasteiger partial charge on any atom is 0.0720 e. The van der Waals surface area contributed by atoms with E-state index < -0.39 is 0 Å². The molecule has 4 heteroatoms. The minimum atomic E-state index is 0.260. The van der Waals surface area contributed by atoms with Crippen LogP contribution in [0.5, 0.6) is 0 Å². The second kappa shape index (κ2) is 9.73. The Balaban J connectivity index is 0.939. The summed E-state index contributed by atoms with van der Waals surface area (Å²) in [5, 5.41) is 0. The van der Waals surface area contributed by atoms with E-state index in [1.165, 1.54) is 88.9 Å². The van der Waals surface area contributed by atoms with E-state index in [2.05, 4.69) is 58.3 Å². The number of ether oxygens (including phenoxy) is 2. The first-order valence-corrected chi connectivity index (χ1v) is 13.5. The summed E-state index contributed by atoms with van der Waals surface area (Å²) < 4.78 is 12.0. The molecular weight excluding hydrogens is 420 g/mol. The fourth-order valence-corrected chi connectivity index (χ4v) is 7.10. The van der Waals surface area contributed by atoms with Crippen LogP contribution in [0.1, 0.15) is 60.8 Å². The number of fused-ring (bicyclic) bond motifs is 4. The molecule has 2 aromatic rings. The molecule has 0 radical (unpaired) electrons. The topological polar surface area (TPSA) is 24.9 Å². The second-order valence-electron chi connectivity index (χ2n) is 11.3. The third-order valence-corrected chi connectivity index (χ3v) is 9.27. The van der Waals surface area contributed by atoms with E-state index >= 15 is 0 Å². The first-order chi connectivity index (χ1) is 16.8. The van der Waals surface area contributed by atoms with Crippen LogP contribution >= 0.6 is 0 Å². The first kappa shape index (κ1) is 22.7. The van der Waals surface area contributed by atoms with E-state index in [1.807, 2.05) is 0 Å². The predicted molar refractivity (Wildman–Crippen MR) is 136 cm³/mol. The van der Waals surface area contributed by atoms with Gasteiger partial charge in [-0.2, -0.15) is 0 Å². The maximum atomic E-state index is 6.02. The highest BCUT2D eigenvalue weighted by Crippen LogP contribution is 2.42. The molecule has 0 aliphatic carbocycles. The van der Waals surface area contributed by atoms with Gasteiger partial charge in [0.25, 0.3) is 0 Å². The Morgan fingerprint density at radius 2 is 1.00 bits per heavy atom. The fraction of sp³-hybridized carbons (Fsp3) is 0.600. The summed E-state index contributed by atoms with van der Waals surface area (Å²) in [4.78, 5) is 5.40. The van der Waals surface area contributed by atoms with Crippen molar-refractivity contribution in [3.05, 3.63) is 70.8 Å². The van der Waals surface area contributed by atoms with Gasteiger partial charge in [0.1, 0.15) is 0 Å². The molecule has 34 heavy (non-hydrogen) atoms. The van der Waals surface area contributed by atoms with Crippen LogP contribution in [0.2, 0.25) is 0 Å². The number of unbranched alkanes of at least 4 members (excludes halogenated alkanes) is 1. The highest BCUT2D eigenvalue weighted by molar-refractivity contribution is 5.37. The molecule has 2 saturated heterocycles. The van der Waals surface area contributed by atoms with Gasteiger partial charge < -0.3 is 19.3 Å². The van der Waals surface area contributed by atoms with Crippen molar-refractivity contribution in [1.82, 2.24) is 9.80 Å². The summed E-state index contributed by atoms with van der Waals surface area (Å²) in [5.41, 5.74) is 6.47. The van der Waals surface area contributed by atoms with E-state index in [0.29, 0.717) is 0 Å². The van der Waals surface area contributed by atoms with Crippen LogP contribution in [0.4, 0.5) is 0 Å². The lowest BCUT2D eigenvalue weighted by atomic mass is 9.70.